The Bertz CT molecular complexity index is 215. The van der Waals surface area contributed by atoms with Gasteiger partial charge >= 0.3 is 12.4 Å². The van der Waals surface area contributed by atoms with E-state index in [1.54, 1.807) is 0 Å². The zero-order valence-electron chi connectivity index (χ0n) is 7.49. The zero-order chi connectivity index (χ0) is 12.3. The van der Waals surface area contributed by atoms with Crippen molar-refractivity contribution in [3.05, 3.63) is 12.3 Å². The average Bonchev–Trinajstić information content (AvgIpc) is 2.00. The highest BCUT2D eigenvalue weighted by Gasteiger charge is 2.69. The van der Waals surface area contributed by atoms with Crippen LogP contribution in [-0.2, 0) is 4.74 Å². The van der Waals surface area contributed by atoms with E-state index in [1.165, 1.54) is 6.92 Å². The van der Waals surface area contributed by atoms with Gasteiger partial charge in [-0.1, -0.05) is 0 Å². The monoisotopic (exact) mass is 238 g/mol. The molecule has 2 nitrogen and oxygen atoms in total. The molecule has 0 unspecified atom stereocenters. The van der Waals surface area contributed by atoms with Gasteiger partial charge in [-0.15, -0.1) is 0 Å². The van der Waals surface area contributed by atoms with Crippen LogP contribution >= 0.6 is 0 Å². The SMILES string of the molecule is CCO/C=C\C(O)(C(F)(F)F)C(F)(F)F. The highest BCUT2D eigenvalue weighted by atomic mass is 19.4. The Morgan fingerprint density at radius 2 is 1.47 bits per heavy atom. The topological polar surface area (TPSA) is 29.5 Å². The van der Waals surface area contributed by atoms with E-state index in [1.807, 2.05) is 0 Å². The van der Waals surface area contributed by atoms with E-state index < -0.39 is 24.0 Å². The normalized spacial score (nSPS) is 14.7. The molecule has 0 fully saturated rings. The number of hydrogen-bond donors (Lipinski definition) is 1. The summed E-state index contributed by atoms with van der Waals surface area (Å²) in [4.78, 5) is 0. The van der Waals surface area contributed by atoms with Crippen LogP contribution in [-0.4, -0.2) is 29.7 Å². The second kappa shape index (κ2) is 4.30. The van der Waals surface area contributed by atoms with Crippen molar-refractivity contribution in [2.45, 2.75) is 24.9 Å². The van der Waals surface area contributed by atoms with E-state index in [0.717, 1.165) is 0 Å². The summed E-state index contributed by atoms with van der Waals surface area (Å²) in [5, 5.41) is 8.49. The van der Waals surface area contributed by atoms with Crippen molar-refractivity contribution in [3.8, 4) is 0 Å². The van der Waals surface area contributed by atoms with Crippen molar-refractivity contribution in [2.75, 3.05) is 6.61 Å². The van der Waals surface area contributed by atoms with Gasteiger partial charge in [0.05, 0.1) is 12.9 Å². The summed E-state index contributed by atoms with van der Waals surface area (Å²) in [6, 6.07) is 0. The molecule has 0 saturated carbocycles. The van der Waals surface area contributed by atoms with E-state index in [2.05, 4.69) is 4.74 Å². The van der Waals surface area contributed by atoms with E-state index in [0.29, 0.717) is 0 Å². The molecule has 8 heteroatoms. The highest BCUT2D eigenvalue weighted by molar-refractivity contribution is 5.08. The molecule has 0 aliphatic carbocycles. The first-order valence-corrected chi connectivity index (χ1v) is 3.71. The van der Waals surface area contributed by atoms with Crippen LogP contribution in [0.25, 0.3) is 0 Å². The highest BCUT2D eigenvalue weighted by Crippen LogP contribution is 2.43. The van der Waals surface area contributed by atoms with Gasteiger partial charge in [-0.05, 0) is 6.92 Å². The number of hydrogen-bond acceptors (Lipinski definition) is 2. The molecule has 0 spiro atoms. The Kier molecular flexibility index (Phi) is 4.03. The van der Waals surface area contributed by atoms with Crippen molar-refractivity contribution in [2.24, 2.45) is 0 Å². The van der Waals surface area contributed by atoms with Gasteiger partial charge in [-0.25, -0.2) is 0 Å². The first kappa shape index (κ1) is 14.1. The lowest BCUT2D eigenvalue weighted by Crippen LogP contribution is -2.55. The lowest BCUT2D eigenvalue weighted by atomic mass is 10.0. The number of rotatable bonds is 3. The summed E-state index contributed by atoms with van der Waals surface area (Å²) < 4.78 is 75.9. The Balaban J connectivity index is 5.06. The maximum Gasteiger partial charge on any atom is 0.430 e. The van der Waals surface area contributed by atoms with Crippen LogP contribution in [0.1, 0.15) is 6.92 Å². The summed E-state index contributed by atoms with van der Waals surface area (Å²) >= 11 is 0. The third-order valence-corrected chi connectivity index (χ3v) is 1.44. The van der Waals surface area contributed by atoms with Gasteiger partial charge in [-0.3, -0.25) is 0 Å². The van der Waals surface area contributed by atoms with Gasteiger partial charge in [0, 0.05) is 6.08 Å². The van der Waals surface area contributed by atoms with Crippen LogP contribution in [0.5, 0.6) is 0 Å². The van der Waals surface area contributed by atoms with Crippen LogP contribution in [0, 0.1) is 0 Å². The molecule has 0 radical (unpaired) electrons. The molecule has 0 amide bonds. The smallest absolute Gasteiger partial charge is 0.430 e. The van der Waals surface area contributed by atoms with E-state index >= 15 is 0 Å². The molecule has 0 aliphatic rings. The molecule has 0 bridgehead atoms. The summed E-state index contributed by atoms with van der Waals surface area (Å²) in [6.07, 6.45) is -12.0. The standard InChI is InChI=1S/C7H8F6O2/c1-2-15-4-3-5(14,6(8,9)10)7(11,12)13/h3-4,14H,2H2,1H3/b4-3-. The molecule has 15 heavy (non-hydrogen) atoms. The zero-order valence-corrected chi connectivity index (χ0v) is 7.49. The number of aliphatic hydroxyl groups is 1. The minimum Gasteiger partial charge on any atom is -0.502 e. The molecular weight excluding hydrogens is 230 g/mol. The van der Waals surface area contributed by atoms with E-state index in [4.69, 9.17) is 5.11 Å². The Labute approximate surface area is 81.1 Å². The first-order valence-electron chi connectivity index (χ1n) is 3.71. The fraction of sp³-hybridized carbons (Fsp3) is 0.714. The maximum absolute atomic E-state index is 12.0. The van der Waals surface area contributed by atoms with Gasteiger partial charge in [0.2, 0.25) is 0 Å². The minimum absolute atomic E-state index is 0.109. The second-order valence-electron chi connectivity index (χ2n) is 2.52. The summed E-state index contributed by atoms with van der Waals surface area (Å²) in [5.74, 6) is 0. The lowest BCUT2D eigenvalue weighted by Gasteiger charge is -2.29. The molecule has 0 heterocycles. The predicted octanol–water partition coefficient (Wildman–Crippen LogP) is 2.39. The quantitative estimate of drug-likeness (QED) is 0.604. The maximum atomic E-state index is 12.0. The molecule has 90 valence electrons. The van der Waals surface area contributed by atoms with Gasteiger partial charge in [0.15, 0.2) is 0 Å². The fourth-order valence-electron chi connectivity index (χ4n) is 0.593. The molecule has 0 atom stereocenters. The molecule has 0 aromatic rings. The number of ether oxygens (including phenoxy) is 1. The van der Waals surface area contributed by atoms with Crippen LogP contribution in [0.4, 0.5) is 26.3 Å². The molecule has 0 aromatic carbocycles. The Morgan fingerprint density at radius 1 is 1.07 bits per heavy atom. The van der Waals surface area contributed by atoms with Crippen molar-refractivity contribution < 1.29 is 36.2 Å². The molecule has 1 N–H and O–H groups in total. The summed E-state index contributed by atoms with van der Waals surface area (Å²) in [7, 11) is 0. The molecule has 0 saturated heterocycles. The van der Waals surface area contributed by atoms with Crippen LogP contribution in [0.15, 0.2) is 12.3 Å². The summed E-state index contributed by atoms with van der Waals surface area (Å²) in [5.41, 5.74) is -4.88. The lowest BCUT2D eigenvalue weighted by molar-refractivity contribution is -0.348. The third-order valence-electron chi connectivity index (χ3n) is 1.44. The van der Waals surface area contributed by atoms with Gasteiger partial charge in [0.1, 0.15) is 0 Å². The predicted molar refractivity (Wildman–Crippen MR) is 37.8 cm³/mol. The number of alkyl halides is 6. The van der Waals surface area contributed by atoms with E-state index in [9.17, 15) is 26.3 Å². The Morgan fingerprint density at radius 3 is 1.73 bits per heavy atom. The average molecular weight is 238 g/mol. The largest absolute Gasteiger partial charge is 0.502 e. The van der Waals surface area contributed by atoms with Gasteiger partial charge in [0.25, 0.3) is 5.60 Å². The second-order valence-corrected chi connectivity index (χ2v) is 2.52. The van der Waals surface area contributed by atoms with Crippen LogP contribution in [0.3, 0.4) is 0 Å². The van der Waals surface area contributed by atoms with Crippen molar-refractivity contribution in [3.63, 3.8) is 0 Å². The third kappa shape index (κ3) is 3.01. The van der Waals surface area contributed by atoms with Gasteiger partial charge in [-0.2, -0.15) is 26.3 Å². The minimum atomic E-state index is -5.85. The molecule has 0 aromatic heterocycles. The molecule has 0 aliphatic heterocycles. The first-order chi connectivity index (χ1) is 6.56. The molecular formula is C7H8F6O2. The Hall–Kier alpha value is -0.920. The van der Waals surface area contributed by atoms with Crippen LogP contribution in [0.2, 0.25) is 0 Å². The summed E-state index contributed by atoms with van der Waals surface area (Å²) in [6.45, 7) is 1.26. The van der Waals surface area contributed by atoms with Crippen LogP contribution < -0.4 is 0 Å². The fourth-order valence-corrected chi connectivity index (χ4v) is 0.593. The molecule has 0 rings (SSSR count). The number of halogens is 6. The van der Waals surface area contributed by atoms with Crippen molar-refractivity contribution in [1.82, 2.24) is 0 Å². The van der Waals surface area contributed by atoms with E-state index in [-0.39, 0.29) is 12.9 Å². The van der Waals surface area contributed by atoms with Crippen molar-refractivity contribution >= 4 is 0 Å². The van der Waals surface area contributed by atoms with Gasteiger partial charge < -0.3 is 9.84 Å². The van der Waals surface area contributed by atoms with Crippen molar-refractivity contribution in [1.29, 1.82) is 0 Å².